The zero-order valence-corrected chi connectivity index (χ0v) is 12.2. The number of rotatable bonds is 5. The molecule has 3 aromatic heterocycles. The van der Waals surface area contributed by atoms with Crippen molar-refractivity contribution in [3.05, 3.63) is 51.1 Å². The minimum atomic E-state index is -0.00603. The van der Waals surface area contributed by atoms with E-state index in [1.807, 2.05) is 39.8 Å². The van der Waals surface area contributed by atoms with Crippen molar-refractivity contribution in [2.24, 2.45) is 0 Å². The predicted molar refractivity (Wildman–Crippen MR) is 79.1 cm³/mol. The number of nitrogens with one attached hydrogen (secondary N) is 1. The summed E-state index contributed by atoms with van der Waals surface area (Å²) in [6.07, 6.45) is 2.23. The molecule has 0 unspecified atom stereocenters. The monoisotopic (exact) mass is 304 g/mol. The average molecular weight is 304 g/mol. The van der Waals surface area contributed by atoms with Gasteiger partial charge in [-0.2, -0.15) is 22.7 Å². The summed E-state index contributed by atoms with van der Waals surface area (Å²) in [6.45, 7) is 0.396. The van der Waals surface area contributed by atoms with Gasteiger partial charge < -0.3 is 5.32 Å². The lowest BCUT2D eigenvalue weighted by atomic mass is 10.2. The Kier molecular flexibility index (Phi) is 3.89. The van der Waals surface area contributed by atoms with E-state index in [9.17, 15) is 4.79 Å². The molecule has 0 fully saturated rings. The van der Waals surface area contributed by atoms with E-state index < -0.39 is 0 Å². The van der Waals surface area contributed by atoms with Crippen LogP contribution in [-0.2, 0) is 17.8 Å². The molecule has 0 bridgehead atoms. The minimum Gasteiger partial charge on any atom is -0.350 e. The summed E-state index contributed by atoms with van der Waals surface area (Å²) in [5, 5.41) is 18.9. The van der Waals surface area contributed by atoms with E-state index in [0.29, 0.717) is 13.0 Å². The van der Waals surface area contributed by atoms with Gasteiger partial charge >= 0.3 is 0 Å². The Bertz CT molecular complexity index is 673. The number of nitrogens with zero attached hydrogens (tertiary/aromatic N) is 3. The van der Waals surface area contributed by atoms with Gasteiger partial charge in [0.2, 0.25) is 5.91 Å². The summed E-state index contributed by atoms with van der Waals surface area (Å²) in [4.78, 5) is 11.8. The lowest BCUT2D eigenvalue weighted by Crippen LogP contribution is -2.24. The molecule has 20 heavy (non-hydrogen) atoms. The molecule has 1 amide bonds. The first-order chi connectivity index (χ1) is 9.81. The van der Waals surface area contributed by atoms with Crippen molar-refractivity contribution in [2.75, 3.05) is 0 Å². The van der Waals surface area contributed by atoms with Crippen molar-refractivity contribution < 1.29 is 4.79 Å². The van der Waals surface area contributed by atoms with Gasteiger partial charge in [-0.25, -0.2) is 4.68 Å². The number of carbonyl (C=O) groups excluding carboxylic acids is 1. The molecule has 3 rings (SSSR count). The Morgan fingerprint density at radius 1 is 1.25 bits per heavy atom. The molecule has 3 aromatic rings. The fourth-order valence-electron chi connectivity index (χ4n) is 1.72. The first-order valence-electron chi connectivity index (χ1n) is 6.03. The normalized spacial score (nSPS) is 10.6. The Morgan fingerprint density at radius 2 is 2.10 bits per heavy atom. The van der Waals surface area contributed by atoms with Gasteiger partial charge in [0, 0.05) is 5.38 Å². The molecule has 7 heteroatoms. The van der Waals surface area contributed by atoms with Crippen molar-refractivity contribution >= 4 is 28.6 Å². The topological polar surface area (TPSA) is 59.8 Å². The van der Waals surface area contributed by atoms with Crippen molar-refractivity contribution in [1.29, 1.82) is 0 Å². The molecule has 0 radical (unpaired) electrons. The van der Waals surface area contributed by atoms with E-state index in [2.05, 4.69) is 15.6 Å². The van der Waals surface area contributed by atoms with E-state index in [4.69, 9.17) is 0 Å². The van der Waals surface area contributed by atoms with Crippen molar-refractivity contribution in [1.82, 2.24) is 20.3 Å². The molecule has 0 aliphatic carbocycles. The second kappa shape index (κ2) is 5.98. The van der Waals surface area contributed by atoms with Gasteiger partial charge in [-0.15, -0.1) is 5.10 Å². The van der Waals surface area contributed by atoms with Gasteiger partial charge in [0.15, 0.2) is 0 Å². The van der Waals surface area contributed by atoms with Crippen LogP contribution in [0.4, 0.5) is 0 Å². The van der Waals surface area contributed by atoms with Crippen LogP contribution in [0.15, 0.2) is 39.8 Å². The Hall–Kier alpha value is -1.99. The molecule has 102 valence electrons. The Morgan fingerprint density at radius 3 is 2.85 bits per heavy atom. The summed E-state index contributed by atoms with van der Waals surface area (Å²) in [7, 11) is 0. The lowest BCUT2D eigenvalue weighted by molar-refractivity contribution is -0.120. The van der Waals surface area contributed by atoms with E-state index >= 15 is 0 Å². The molecule has 0 aliphatic heterocycles. The lowest BCUT2D eigenvalue weighted by Gasteiger charge is -2.01. The molecule has 1 N–H and O–H groups in total. The van der Waals surface area contributed by atoms with Crippen LogP contribution in [0.1, 0.15) is 11.3 Å². The summed E-state index contributed by atoms with van der Waals surface area (Å²) in [5.74, 6) is -0.00603. The number of aromatic nitrogens is 3. The molecular formula is C13H12N4OS2. The molecule has 3 heterocycles. The second-order valence-electron chi connectivity index (χ2n) is 4.22. The predicted octanol–water partition coefficient (Wildman–Crippen LogP) is 2.25. The second-order valence-corrected chi connectivity index (χ2v) is 5.78. The molecule has 0 spiro atoms. The quantitative estimate of drug-likeness (QED) is 0.786. The number of hydrogen-bond acceptors (Lipinski definition) is 5. The van der Waals surface area contributed by atoms with E-state index in [0.717, 1.165) is 16.9 Å². The molecule has 0 saturated carbocycles. The van der Waals surface area contributed by atoms with Gasteiger partial charge in [0.1, 0.15) is 5.69 Å². The summed E-state index contributed by atoms with van der Waals surface area (Å²) >= 11 is 3.20. The molecule has 0 aromatic carbocycles. The van der Waals surface area contributed by atoms with Gasteiger partial charge in [0.05, 0.1) is 24.8 Å². The highest BCUT2D eigenvalue weighted by atomic mass is 32.1. The zero-order chi connectivity index (χ0) is 13.8. The minimum absolute atomic E-state index is 0.00603. The number of thiophene rings is 2. The van der Waals surface area contributed by atoms with Crippen molar-refractivity contribution in [3.63, 3.8) is 0 Å². The van der Waals surface area contributed by atoms with Crippen LogP contribution in [0.3, 0.4) is 0 Å². The van der Waals surface area contributed by atoms with Crippen LogP contribution in [0.2, 0.25) is 0 Å². The molecule has 0 aliphatic rings. The third-order valence-corrected chi connectivity index (χ3v) is 4.13. The Balaban J connectivity index is 1.55. The molecule has 0 saturated heterocycles. The maximum Gasteiger partial charge on any atom is 0.224 e. The van der Waals surface area contributed by atoms with Gasteiger partial charge in [-0.05, 0) is 33.8 Å². The molecule has 5 nitrogen and oxygen atoms in total. The third-order valence-electron chi connectivity index (χ3n) is 2.72. The Labute approximate surface area is 123 Å². The largest absolute Gasteiger partial charge is 0.350 e. The molecular weight excluding hydrogens is 292 g/mol. The maximum absolute atomic E-state index is 11.8. The van der Waals surface area contributed by atoms with Crippen molar-refractivity contribution in [2.45, 2.75) is 13.0 Å². The first-order valence-corrected chi connectivity index (χ1v) is 7.91. The van der Waals surface area contributed by atoms with Crippen LogP contribution < -0.4 is 5.32 Å². The number of hydrogen-bond donors (Lipinski definition) is 1. The van der Waals surface area contributed by atoms with Gasteiger partial charge in [-0.3, -0.25) is 4.79 Å². The van der Waals surface area contributed by atoms with Crippen LogP contribution in [0.25, 0.3) is 5.69 Å². The van der Waals surface area contributed by atoms with E-state index in [1.165, 1.54) is 0 Å². The zero-order valence-electron chi connectivity index (χ0n) is 10.5. The highest BCUT2D eigenvalue weighted by Crippen LogP contribution is 2.11. The first kappa shape index (κ1) is 13.0. The fourth-order valence-corrected chi connectivity index (χ4v) is 3.01. The highest BCUT2D eigenvalue weighted by Gasteiger charge is 2.06. The van der Waals surface area contributed by atoms with Crippen LogP contribution in [0.5, 0.6) is 0 Å². The summed E-state index contributed by atoms with van der Waals surface area (Å²) < 4.78 is 1.71. The third kappa shape index (κ3) is 3.12. The smallest absolute Gasteiger partial charge is 0.224 e. The van der Waals surface area contributed by atoms with Gasteiger partial charge in [0.25, 0.3) is 0 Å². The molecule has 0 atom stereocenters. The van der Waals surface area contributed by atoms with Gasteiger partial charge in [-0.1, -0.05) is 5.21 Å². The van der Waals surface area contributed by atoms with Crippen LogP contribution >= 0.6 is 22.7 Å². The van der Waals surface area contributed by atoms with Crippen molar-refractivity contribution in [3.8, 4) is 5.69 Å². The summed E-state index contributed by atoms with van der Waals surface area (Å²) in [6, 6.07) is 3.93. The standard InChI is InChI=1S/C13H12N4OS2/c18-13(5-10-1-3-19-8-10)14-6-11-7-17(16-15-11)12-2-4-20-9-12/h1-4,7-9H,5-6H2,(H,14,18). The average Bonchev–Trinajstić information content (AvgIpc) is 3.18. The van der Waals surface area contributed by atoms with E-state index in [-0.39, 0.29) is 5.91 Å². The van der Waals surface area contributed by atoms with Crippen LogP contribution in [-0.4, -0.2) is 20.9 Å². The summed E-state index contributed by atoms with van der Waals surface area (Å²) in [5.41, 5.74) is 2.77. The van der Waals surface area contributed by atoms with Crippen LogP contribution in [0, 0.1) is 0 Å². The number of carbonyl (C=O) groups is 1. The maximum atomic E-state index is 11.8. The SMILES string of the molecule is O=C(Cc1ccsc1)NCc1cn(-c2ccsc2)nn1. The van der Waals surface area contributed by atoms with E-state index in [1.54, 1.807) is 27.4 Å². The number of amides is 1. The highest BCUT2D eigenvalue weighted by molar-refractivity contribution is 7.08. The fraction of sp³-hybridized carbons (Fsp3) is 0.154.